The molecule has 2 aliphatic carbocycles. The van der Waals surface area contributed by atoms with Gasteiger partial charge in [0.1, 0.15) is 0 Å². The number of aromatic nitrogens is 2. The van der Waals surface area contributed by atoms with Crippen molar-refractivity contribution in [1.82, 2.24) is 24.3 Å². The Hall–Kier alpha value is -2.05. The van der Waals surface area contributed by atoms with E-state index in [4.69, 9.17) is 4.74 Å². The van der Waals surface area contributed by atoms with Crippen molar-refractivity contribution < 1.29 is 13.2 Å². The molecular formula is C30H45N5O5S. The van der Waals surface area contributed by atoms with Crippen molar-refractivity contribution in [2.75, 3.05) is 26.8 Å². The van der Waals surface area contributed by atoms with E-state index in [-0.39, 0.29) is 33.3 Å². The van der Waals surface area contributed by atoms with Gasteiger partial charge in [0, 0.05) is 56.2 Å². The first-order chi connectivity index (χ1) is 19.6. The summed E-state index contributed by atoms with van der Waals surface area (Å²) in [5, 5.41) is 2.40. The van der Waals surface area contributed by atoms with Crippen LogP contribution in [0, 0.1) is 11.8 Å². The number of hydrazine groups is 1. The lowest BCUT2D eigenvalue weighted by atomic mass is 9.78. The molecule has 10 nitrogen and oxygen atoms in total. The van der Waals surface area contributed by atoms with E-state index in [1.807, 2.05) is 14.0 Å². The molecule has 0 bridgehead atoms. The van der Waals surface area contributed by atoms with Gasteiger partial charge in [0.25, 0.3) is 5.56 Å². The van der Waals surface area contributed by atoms with E-state index < -0.39 is 21.1 Å². The molecular weight excluding hydrogens is 542 g/mol. The van der Waals surface area contributed by atoms with E-state index in [0.717, 1.165) is 51.5 Å². The predicted octanol–water partition coefficient (Wildman–Crippen LogP) is 2.97. The molecule has 3 heterocycles. The second-order valence-electron chi connectivity index (χ2n) is 13.4. The van der Waals surface area contributed by atoms with E-state index >= 15 is 0 Å². The normalized spacial score (nSPS) is 26.7. The van der Waals surface area contributed by atoms with Crippen molar-refractivity contribution >= 4 is 20.9 Å². The van der Waals surface area contributed by atoms with Gasteiger partial charge >= 0.3 is 5.69 Å². The monoisotopic (exact) mass is 587 g/mol. The summed E-state index contributed by atoms with van der Waals surface area (Å²) >= 11 is 0. The summed E-state index contributed by atoms with van der Waals surface area (Å²) in [6.07, 6.45) is 11.7. The second kappa shape index (κ2) is 11.2. The van der Waals surface area contributed by atoms with Gasteiger partial charge in [-0.2, -0.15) is 0 Å². The van der Waals surface area contributed by atoms with Crippen LogP contribution < -0.4 is 21.4 Å². The van der Waals surface area contributed by atoms with Crippen LogP contribution in [0.1, 0.15) is 77.6 Å². The Labute approximate surface area is 242 Å². The predicted molar refractivity (Wildman–Crippen MR) is 158 cm³/mol. The molecule has 6 rings (SSSR count). The number of nitrogens with one attached hydrogen (secondary N) is 2. The minimum Gasteiger partial charge on any atom is -0.381 e. The summed E-state index contributed by atoms with van der Waals surface area (Å²) in [6.45, 7) is 4.61. The van der Waals surface area contributed by atoms with Crippen molar-refractivity contribution in [3.63, 3.8) is 0 Å². The Bertz CT molecular complexity index is 1500. The van der Waals surface area contributed by atoms with Gasteiger partial charge in [0.15, 0.2) is 0 Å². The smallest absolute Gasteiger partial charge is 0.331 e. The third-order valence-corrected chi connectivity index (χ3v) is 11.6. The lowest BCUT2D eigenvalue weighted by molar-refractivity contribution is 0.176. The molecule has 1 spiro atoms. The molecule has 226 valence electrons. The van der Waals surface area contributed by atoms with E-state index in [2.05, 4.69) is 15.2 Å². The SMILES string of the molecule is CN1CC(Cn2c(=O)c3cc(S(=O)(=O)NC4(C)CC4)ccc3n(CC3CCOC3)c2=O)C2(CCCCCCCC2)N1. The van der Waals surface area contributed by atoms with Crippen molar-refractivity contribution in [3.05, 3.63) is 39.0 Å². The minimum absolute atomic E-state index is 0.0613. The van der Waals surface area contributed by atoms with Crippen LogP contribution in [0.15, 0.2) is 32.7 Å². The van der Waals surface area contributed by atoms with E-state index in [9.17, 15) is 18.0 Å². The minimum atomic E-state index is -3.81. The molecule has 2 atom stereocenters. The highest BCUT2D eigenvalue weighted by Gasteiger charge is 2.45. The Morgan fingerprint density at radius 2 is 1.71 bits per heavy atom. The maximum Gasteiger partial charge on any atom is 0.331 e. The van der Waals surface area contributed by atoms with Crippen LogP contribution in [0.25, 0.3) is 10.9 Å². The number of nitrogens with zero attached hydrogens (tertiary/aromatic N) is 3. The summed E-state index contributed by atoms with van der Waals surface area (Å²) < 4.78 is 38.0. The van der Waals surface area contributed by atoms with Crippen LogP contribution in [0.5, 0.6) is 0 Å². The molecule has 2 aliphatic heterocycles. The van der Waals surface area contributed by atoms with Gasteiger partial charge < -0.3 is 4.74 Å². The summed E-state index contributed by atoms with van der Waals surface area (Å²) in [4.78, 5) is 28.3. The van der Waals surface area contributed by atoms with Gasteiger partial charge in [-0.3, -0.25) is 13.9 Å². The van der Waals surface area contributed by atoms with Crippen LogP contribution in [0.4, 0.5) is 0 Å². The summed E-state index contributed by atoms with van der Waals surface area (Å²) in [5.41, 5.74) is 2.92. The third-order valence-electron chi connectivity index (χ3n) is 9.94. The summed E-state index contributed by atoms with van der Waals surface area (Å²) in [6, 6.07) is 4.62. The lowest BCUT2D eigenvalue weighted by Crippen LogP contribution is -2.51. The van der Waals surface area contributed by atoms with E-state index in [1.165, 1.54) is 42.4 Å². The summed E-state index contributed by atoms with van der Waals surface area (Å²) in [5.74, 6) is 0.252. The van der Waals surface area contributed by atoms with E-state index in [1.54, 1.807) is 10.6 Å². The van der Waals surface area contributed by atoms with Crippen LogP contribution >= 0.6 is 0 Å². The van der Waals surface area contributed by atoms with Crippen molar-refractivity contribution in [3.8, 4) is 0 Å². The molecule has 0 radical (unpaired) electrons. The Morgan fingerprint density at radius 1 is 1.00 bits per heavy atom. The molecule has 2 unspecified atom stereocenters. The number of fused-ring (bicyclic) bond motifs is 1. The van der Waals surface area contributed by atoms with Gasteiger partial charge in [-0.05, 0) is 57.2 Å². The fraction of sp³-hybridized carbons (Fsp3) is 0.733. The first-order valence-corrected chi connectivity index (χ1v) is 17.0. The Kier molecular flexibility index (Phi) is 7.95. The number of benzene rings is 1. The molecule has 4 aliphatic rings. The molecule has 2 saturated heterocycles. The largest absolute Gasteiger partial charge is 0.381 e. The molecule has 11 heteroatoms. The lowest BCUT2D eigenvalue weighted by Gasteiger charge is -2.35. The van der Waals surface area contributed by atoms with Crippen LogP contribution in [0.3, 0.4) is 0 Å². The zero-order valence-corrected chi connectivity index (χ0v) is 25.3. The van der Waals surface area contributed by atoms with Crippen molar-refractivity contribution in [2.45, 2.75) is 107 Å². The zero-order chi connectivity index (χ0) is 28.8. The Balaban J connectivity index is 1.43. The number of rotatable bonds is 7. The maximum absolute atomic E-state index is 14.1. The van der Waals surface area contributed by atoms with Gasteiger partial charge in [-0.25, -0.2) is 28.4 Å². The van der Waals surface area contributed by atoms with Crippen LogP contribution in [-0.4, -0.2) is 60.4 Å². The Morgan fingerprint density at radius 3 is 2.37 bits per heavy atom. The molecule has 1 aromatic heterocycles. The van der Waals surface area contributed by atoms with Crippen LogP contribution in [-0.2, 0) is 27.8 Å². The summed E-state index contributed by atoms with van der Waals surface area (Å²) in [7, 11) is -1.76. The first-order valence-electron chi connectivity index (χ1n) is 15.5. The van der Waals surface area contributed by atoms with Crippen molar-refractivity contribution in [1.29, 1.82) is 0 Å². The molecule has 1 aromatic carbocycles. The molecule has 0 amide bonds. The number of hydrogen-bond donors (Lipinski definition) is 2. The van der Waals surface area contributed by atoms with Gasteiger partial charge in [-0.15, -0.1) is 0 Å². The first kappa shape index (κ1) is 29.0. The van der Waals surface area contributed by atoms with E-state index in [0.29, 0.717) is 31.8 Å². The molecule has 2 saturated carbocycles. The van der Waals surface area contributed by atoms with Crippen molar-refractivity contribution in [2.24, 2.45) is 11.8 Å². The molecule has 4 fully saturated rings. The zero-order valence-electron chi connectivity index (χ0n) is 24.5. The standard InChI is InChI=1S/C30H45N5O5S/c1-29(14-15-29)32-41(38,39)24-9-10-26-25(17-24)27(36)35(28(37)34(26)18-22-11-16-40-21-22)20-23-19-33(2)31-30(23)12-7-5-3-4-6-8-13-30/h9-10,17,22-23,31-32H,3-8,11-16,18-21H2,1-2H3. The fourth-order valence-corrected chi connectivity index (χ4v) is 8.77. The topological polar surface area (TPSA) is 115 Å². The number of ether oxygens (including phenoxy) is 1. The molecule has 2 aromatic rings. The fourth-order valence-electron chi connectivity index (χ4n) is 7.27. The number of sulfonamides is 1. The maximum atomic E-state index is 14.1. The van der Waals surface area contributed by atoms with Gasteiger partial charge in [-0.1, -0.05) is 38.5 Å². The second-order valence-corrected chi connectivity index (χ2v) is 15.0. The van der Waals surface area contributed by atoms with Gasteiger partial charge in [0.2, 0.25) is 10.0 Å². The molecule has 41 heavy (non-hydrogen) atoms. The average molecular weight is 588 g/mol. The highest BCUT2D eigenvalue weighted by molar-refractivity contribution is 7.89. The molecule has 2 N–H and O–H groups in total. The highest BCUT2D eigenvalue weighted by atomic mass is 32.2. The highest BCUT2D eigenvalue weighted by Crippen LogP contribution is 2.38. The third kappa shape index (κ3) is 5.93. The quantitative estimate of drug-likeness (QED) is 0.512. The van der Waals surface area contributed by atoms with Crippen LogP contribution in [0.2, 0.25) is 0 Å². The average Bonchev–Trinajstić information content (AvgIpc) is 3.29. The number of hydrogen-bond acceptors (Lipinski definition) is 7. The van der Waals surface area contributed by atoms with Gasteiger partial charge in [0.05, 0.1) is 22.4 Å².